The molecule has 0 saturated heterocycles. The molecule has 0 unspecified atom stereocenters. The second kappa shape index (κ2) is 10.3. The fraction of sp³-hybridized carbons (Fsp3) is 0.444. The zero-order valence-electron chi connectivity index (χ0n) is 21.3. The quantitative estimate of drug-likeness (QED) is 0.542. The van der Waals surface area contributed by atoms with Gasteiger partial charge in [0.25, 0.3) is 5.91 Å². The van der Waals surface area contributed by atoms with Crippen molar-refractivity contribution in [1.29, 1.82) is 0 Å². The van der Waals surface area contributed by atoms with Crippen molar-refractivity contribution in [2.75, 3.05) is 37.2 Å². The molecule has 0 spiro atoms. The number of carboxylic acid groups (broad SMARTS) is 1. The molecule has 1 fully saturated rings. The van der Waals surface area contributed by atoms with E-state index in [1.807, 2.05) is 13.0 Å². The second-order valence-corrected chi connectivity index (χ2v) is 14.4. The number of amides is 2. The van der Waals surface area contributed by atoms with Gasteiger partial charge in [-0.25, -0.2) is 18.8 Å². The van der Waals surface area contributed by atoms with Crippen molar-refractivity contribution in [2.45, 2.75) is 37.1 Å². The van der Waals surface area contributed by atoms with Crippen LogP contribution in [0.3, 0.4) is 0 Å². The molecule has 37 heavy (non-hydrogen) atoms. The highest BCUT2D eigenvalue weighted by atomic mass is 32.3. The SMILES string of the molecule is CCOc1ccc2c(c1)CCN(C(=O)[C@H]1C[C@H](C(=O)O)C1)[C@H]2C(=O)Nc1cc(F)c(S(C)(C)C)c(F)c1. The molecule has 2 N–H and O–H groups in total. The smallest absolute Gasteiger partial charge is 0.306 e. The lowest BCUT2D eigenvalue weighted by Crippen LogP contribution is -2.50. The highest BCUT2D eigenvalue weighted by Gasteiger charge is 2.45. The van der Waals surface area contributed by atoms with Gasteiger partial charge in [-0.3, -0.25) is 14.4 Å². The van der Waals surface area contributed by atoms with Crippen molar-refractivity contribution in [3.05, 3.63) is 53.1 Å². The molecule has 200 valence electrons. The normalized spacial score (nSPS) is 21.5. The predicted octanol–water partition coefficient (Wildman–Crippen LogP) is 4.59. The highest BCUT2D eigenvalue weighted by Crippen LogP contribution is 2.48. The summed E-state index contributed by atoms with van der Waals surface area (Å²) >= 11 is 0. The molecular weight excluding hydrogens is 502 g/mol. The molecule has 0 aromatic heterocycles. The average molecular weight is 535 g/mol. The molecule has 2 aromatic rings. The fourth-order valence-electron chi connectivity index (χ4n) is 5.06. The molecular formula is C27H32F2N2O5S. The monoisotopic (exact) mass is 534 g/mol. The summed E-state index contributed by atoms with van der Waals surface area (Å²) in [7, 11) is -1.68. The first-order valence-corrected chi connectivity index (χ1v) is 15.0. The number of rotatable bonds is 7. The number of hydrogen-bond acceptors (Lipinski definition) is 4. The van der Waals surface area contributed by atoms with Gasteiger partial charge in [0.05, 0.1) is 17.4 Å². The maximum Gasteiger partial charge on any atom is 0.306 e. The molecule has 1 aliphatic heterocycles. The first-order valence-electron chi connectivity index (χ1n) is 12.2. The van der Waals surface area contributed by atoms with Gasteiger partial charge in [0, 0.05) is 18.2 Å². The van der Waals surface area contributed by atoms with Crippen LogP contribution in [0, 0.1) is 23.5 Å². The Balaban J connectivity index is 1.65. The lowest BCUT2D eigenvalue weighted by molar-refractivity contribution is -0.154. The average Bonchev–Trinajstić information content (AvgIpc) is 2.75. The van der Waals surface area contributed by atoms with E-state index in [4.69, 9.17) is 4.74 Å². The van der Waals surface area contributed by atoms with Crippen LogP contribution < -0.4 is 10.1 Å². The van der Waals surface area contributed by atoms with E-state index in [1.54, 1.807) is 30.9 Å². The molecule has 7 nitrogen and oxygen atoms in total. The maximum atomic E-state index is 14.8. The number of hydrogen-bond donors (Lipinski definition) is 2. The number of nitrogens with zero attached hydrogens (tertiary/aromatic N) is 1. The predicted molar refractivity (Wildman–Crippen MR) is 138 cm³/mol. The number of nitrogens with one attached hydrogen (secondary N) is 1. The van der Waals surface area contributed by atoms with E-state index in [9.17, 15) is 28.3 Å². The summed E-state index contributed by atoms with van der Waals surface area (Å²) in [4.78, 5) is 39.7. The Kier molecular flexibility index (Phi) is 7.50. The zero-order chi connectivity index (χ0) is 27.1. The molecule has 2 aliphatic rings. The number of halogens is 2. The Hall–Kier alpha value is -3.14. The minimum absolute atomic E-state index is 0.00624. The molecule has 1 saturated carbocycles. The number of carboxylic acids is 1. The Bertz CT molecular complexity index is 1220. The van der Waals surface area contributed by atoms with Gasteiger partial charge >= 0.3 is 5.97 Å². The van der Waals surface area contributed by atoms with E-state index < -0.39 is 51.4 Å². The molecule has 1 aliphatic carbocycles. The summed E-state index contributed by atoms with van der Waals surface area (Å²) in [6, 6.07) is 6.47. The van der Waals surface area contributed by atoms with Crippen LogP contribution in [-0.4, -0.2) is 59.7 Å². The van der Waals surface area contributed by atoms with Crippen LogP contribution in [0.2, 0.25) is 0 Å². The van der Waals surface area contributed by atoms with E-state index >= 15 is 0 Å². The number of carbonyl (C=O) groups excluding carboxylic acids is 2. The number of benzene rings is 2. The number of carbonyl (C=O) groups is 3. The molecule has 4 rings (SSSR count). The lowest BCUT2D eigenvalue weighted by Gasteiger charge is -2.41. The minimum atomic E-state index is -1.68. The molecule has 10 heteroatoms. The Labute approximate surface area is 216 Å². The molecule has 2 amide bonds. The summed E-state index contributed by atoms with van der Waals surface area (Å²) in [5.41, 5.74) is 1.41. The highest BCUT2D eigenvalue weighted by molar-refractivity contribution is 8.32. The molecule has 0 bridgehead atoms. The molecule has 2 aromatic carbocycles. The van der Waals surface area contributed by atoms with E-state index in [-0.39, 0.29) is 35.9 Å². The van der Waals surface area contributed by atoms with Crippen LogP contribution in [0.15, 0.2) is 35.2 Å². The topological polar surface area (TPSA) is 95.9 Å². The maximum absolute atomic E-state index is 14.8. The third kappa shape index (κ3) is 5.44. The van der Waals surface area contributed by atoms with Gasteiger partial charge in [-0.2, -0.15) is 0 Å². The van der Waals surface area contributed by atoms with Crippen LogP contribution in [0.4, 0.5) is 14.5 Å². The lowest BCUT2D eigenvalue weighted by atomic mass is 9.73. The van der Waals surface area contributed by atoms with Crippen molar-refractivity contribution in [1.82, 2.24) is 4.90 Å². The van der Waals surface area contributed by atoms with E-state index in [1.165, 1.54) is 4.90 Å². The first kappa shape index (κ1) is 26.9. The van der Waals surface area contributed by atoms with Gasteiger partial charge < -0.3 is 20.1 Å². The third-order valence-electron chi connectivity index (χ3n) is 6.90. The Morgan fingerprint density at radius 3 is 2.30 bits per heavy atom. The van der Waals surface area contributed by atoms with Crippen LogP contribution in [-0.2, 0) is 20.8 Å². The number of ether oxygens (including phenoxy) is 1. The molecule has 1 atom stereocenters. The van der Waals surface area contributed by atoms with Crippen molar-refractivity contribution >= 4 is 33.5 Å². The van der Waals surface area contributed by atoms with Gasteiger partial charge in [0.15, 0.2) is 0 Å². The number of aliphatic carboxylic acids is 1. The van der Waals surface area contributed by atoms with Gasteiger partial charge in [-0.15, -0.1) is 0 Å². The summed E-state index contributed by atoms with van der Waals surface area (Å²) < 4.78 is 35.2. The van der Waals surface area contributed by atoms with E-state index in [0.29, 0.717) is 24.3 Å². The summed E-state index contributed by atoms with van der Waals surface area (Å²) in [6.07, 6.45) is 6.28. The molecule has 0 radical (unpaired) electrons. The summed E-state index contributed by atoms with van der Waals surface area (Å²) in [6.45, 7) is 2.59. The van der Waals surface area contributed by atoms with Gasteiger partial charge in [-0.1, -0.05) is 6.07 Å². The largest absolute Gasteiger partial charge is 0.494 e. The van der Waals surface area contributed by atoms with Gasteiger partial charge in [-0.05, 0) is 80.3 Å². The van der Waals surface area contributed by atoms with Crippen LogP contribution in [0.5, 0.6) is 5.75 Å². The number of anilines is 1. The van der Waals surface area contributed by atoms with Crippen molar-refractivity contribution in [3.63, 3.8) is 0 Å². The fourth-order valence-corrected chi connectivity index (χ4v) is 6.35. The van der Waals surface area contributed by atoms with Gasteiger partial charge in [0.1, 0.15) is 23.4 Å². The zero-order valence-corrected chi connectivity index (χ0v) is 22.2. The summed E-state index contributed by atoms with van der Waals surface area (Å²) in [5, 5.41) is 11.8. The molecule has 1 heterocycles. The Morgan fingerprint density at radius 1 is 1.08 bits per heavy atom. The summed E-state index contributed by atoms with van der Waals surface area (Å²) in [5.74, 6) is -3.69. The first-order chi connectivity index (χ1) is 17.4. The van der Waals surface area contributed by atoms with Gasteiger partial charge in [0.2, 0.25) is 5.91 Å². The number of fused-ring (bicyclic) bond motifs is 1. The van der Waals surface area contributed by atoms with Crippen LogP contribution in [0.25, 0.3) is 0 Å². The minimum Gasteiger partial charge on any atom is -0.494 e. The van der Waals surface area contributed by atoms with Crippen molar-refractivity contribution in [2.24, 2.45) is 11.8 Å². The standard InChI is InChI=1S/C27H32F2N2O5S/c1-5-36-19-6-7-20-15(12-19)8-9-31(26(33)16-10-17(11-16)27(34)35)23(20)25(32)30-18-13-21(28)24(22(29)14-18)37(2,3)4/h6-7,12-14,16-17,23H,5,8-11H2,1-4H3,(H,30,32)(H,34,35)/t16-,17-,23-/m1/s1. The van der Waals surface area contributed by atoms with E-state index in [2.05, 4.69) is 5.32 Å². The van der Waals surface area contributed by atoms with Crippen LogP contribution >= 0.6 is 10.0 Å². The van der Waals surface area contributed by atoms with Crippen LogP contribution in [0.1, 0.15) is 36.9 Å². The van der Waals surface area contributed by atoms with E-state index in [0.717, 1.165) is 17.7 Å². The second-order valence-electron chi connectivity index (χ2n) is 10.3. The van der Waals surface area contributed by atoms with Crippen molar-refractivity contribution in [3.8, 4) is 5.75 Å². The Morgan fingerprint density at radius 2 is 1.73 bits per heavy atom. The van der Waals surface area contributed by atoms with Crippen molar-refractivity contribution < 1.29 is 33.0 Å². The third-order valence-corrected chi connectivity index (χ3v) is 8.51.